The summed E-state index contributed by atoms with van der Waals surface area (Å²) in [5.74, 6) is 0.269. The van der Waals surface area contributed by atoms with E-state index in [9.17, 15) is 9.50 Å². The summed E-state index contributed by atoms with van der Waals surface area (Å²) in [6.45, 7) is 5.07. The van der Waals surface area contributed by atoms with Crippen LogP contribution in [0.4, 0.5) is 4.39 Å². The Labute approximate surface area is 112 Å². The van der Waals surface area contributed by atoms with Gasteiger partial charge in [-0.25, -0.2) is 4.39 Å². The molecule has 1 fully saturated rings. The number of ether oxygens (including phenoxy) is 2. The smallest absolute Gasteiger partial charge is 0.123 e. The summed E-state index contributed by atoms with van der Waals surface area (Å²) in [6.07, 6.45) is -0.564. The highest BCUT2D eigenvalue weighted by Gasteiger charge is 2.21. The molecule has 1 saturated heterocycles. The predicted molar refractivity (Wildman–Crippen MR) is 69.8 cm³/mol. The van der Waals surface area contributed by atoms with Crippen LogP contribution >= 0.6 is 0 Å². The first-order valence-electron chi connectivity index (χ1n) is 6.53. The Hall–Kier alpha value is -1.17. The predicted octanol–water partition coefficient (Wildman–Crippen LogP) is 1.29. The number of benzene rings is 1. The first-order chi connectivity index (χ1) is 9.15. The molecule has 0 spiro atoms. The maximum absolute atomic E-state index is 12.7. The number of nitrogens with zero attached hydrogens (tertiary/aromatic N) is 1. The minimum atomic E-state index is -0.564. The van der Waals surface area contributed by atoms with E-state index in [0.29, 0.717) is 31.5 Å². The van der Waals surface area contributed by atoms with Crippen LogP contribution in [0.5, 0.6) is 5.75 Å². The fraction of sp³-hybridized carbons (Fsp3) is 0.571. The van der Waals surface area contributed by atoms with Gasteiger partial charge in [0.25, 0.3) is 0 Å². The van der Waals surface area contributed by atoms with Crippen molar-refractivity contribution < 1.29 is 19.0 Å². The lowest BCUT2D eigenvalue weighted by Gasteiger charge is -2.34. The maximum Gasteiger partial charge on any atom is 0.123 e. The lowest BCUT2D eigenvalue weighted by Crippen LogP contribution is -2.47. The topological polar surface area (TPSA) is 41.9 Å². The molecule has 19 heavy (non-hydrogen) atoms. The number of hydrogen-bond donors (Lipinski definition) is 1. The SMILES string of the molecule is C[C@H]1COCCN1C[C@H](O)COc1ccc(F)cc1. The van der Waals surface area contributed by atoms with Crippen molar-refractivity contribution >= 4 is 0 Å². The molecule has 0 unspecified atom stereocenters. The van der Waals surface area contributed by atoms with Gasteiger partial charge in [-0.05, 0) is 31.2 Å². The molecule has 2 rings (SSSR count). The lowest BCUT2D eigenvalue weighted by molar-refractivity contribution is -0.0265. The molecule has 4 nitrogen and oxygen atoms in total. The number of aliphatic hydroxyl groups excluding tert-OH is 1. The van der Waals surface area contributed by atoms with Gasteiger partial charge in [-0.2, -0.15) is 0 Å². The van der Waals surface area contributed by atoms with Gasteiger partial charge in [0.05, 0.1) is 13.2 Å². The zero-order valence-corrected chi connectivity index (χ0v) is 11.1. The minimum absolute atomic E-state index is 0.204. The van der Waals surface area contributed by atoms with Crippen molar-refractivity contribution in [3.05, 3.63) is 30.1 Å². The average molecular weight is 269 g/mol. The molecular weight excluding hydrogens is 249 g/mol. The Balaban J connectivity index is 1.74. The summed E-state index contributed by atoms with van der Waals surface area (Å²) in [7, 11) is 0. The normalized spacial score (nSPS) is 22.2. The van der Waals surface area contributed by atoms with Crippen molar-refractivity contribution in [2.45, 2.75) is 19.1 Å². The van der Waals surface area contributed by atoms with Gasteiger partial charge in [-0.3, -0.25) is 4.90 Å². The van der Waals surface area contributed by atoms with Crippen molar-refractivity contribution in [2.24, 2.45) is 0 Å². The number of morpholine rings is 1. The standard InChI is InChI=1S/C14H20FNO3/c1-11-9-18-7-6-16(11)8-13(17)10-19-14-4-2-12(15)3-5-14/h2-5,11,13,17H,6-10H2,1H3/t11-,13-/m0/s1. The van der Waals surface area contributed by atoms with Gasteiger partial charge >= 0.3 is 0 Å². The highest BCUT2D eigenvalue weighted by atomic mass is 19.1. The molecule has 1 aliphatic rings. The van der Waals surface area contributed by atoms with Gasteiger partial charge in [0, 0.05) is 19.1 Å². The summed E-state index contributed by atoms with van der Waals surface area (Å²) >= 11 is 0. The molecular formula is C14H20FNO3. The highest BCUT2D eigenvalue weighted by molar-refractivity contribution is 5.22. The number of hydrogen-bond acceptors (Lipinski definition) is 4. The highest BCUT2D eigenvalue weighted by Crippen LogP contribution is 2.12. The van der Waals surface area contributed by atoms with Crippen molar-refractivity contribution in [3.8, 4) is 5.75 Å². The van der Waals surface area contributed by atoms with Crippen LogP contribution in [0.2, 0.25) is 0 Å². The Kier molecular flexibility index (Phi) is 5.13. The second-order valence-corrected chi connectivity index (χ2v) is 4.84. The summed E-state index contributed by atoms with van der Waals surface area (Å²) in [6, 6.07) is 6.10. The van der Waals surface area contributed by atoms with Gasteiger partial charge in [0.2, 0.25) is 0 Å². The molecule has 1 aromatic carbocycles. The van der Waals surface area contributed by atoms with Gasteiger partial charge in [0.15, 0.2) is 0 Å². The largest absolute Gasteiger partial charge is 0.491 e. The molecule has 1 aliphatic heterocycles. The zero-order valence-electron chi connectivity index (χ0n) is 11.1. The molecule has 1 heterocycles. The molecule has 0 aliphatic carbocycles. The summed E-state index contributed by atoms with van der Waals surface area (Å²) < 4.78 is 23.5. The van der Waals surface area contributed by atoms with Crippen molar-refractivity contribution in [1.82, 2.24) is 4.90 Å². The van der Waals surface area contributed by atoms with E-state index in [1.807, 2.05) is 0 Å². The molecule has 5 heteroatoms. The summed E-state index contributed by atoms with van der Waals surface area (Å²) in [5, 5.41) is 9.95. The molecule has 1 aromatic rings. The van der Waals surface area contributed by atoms with Crippen LogP contribution in [0, 0.1) is 5.82 Å². The summed E-state index contributed by atoms with van der Waals surface area (Å²) in [4.78, 5) is 2.18. The fourth-order valence-electron chi connectivity index (χ4n) is 2.08. The van der Waals surface area contributed by atoms with Crippen LogP contribution < -0.4 is 4.74 Å². The number of halogens is 1. The van der Waals surface area contributed by atoms with Crippen molar-refractivity contribution in [1.29, 1.82) is 0 Å². The second kappa shape index (κ2) is 6.84. The molecule has 0 radical (unpaired) electrons. The first kappa shape index (κ1) is 14.2. The summed E-state index contributed by atoms with van der Waals surface area (Å²) in [5.41, 5.74) is 0. The molecule has 0 aromatic heterocycles. The number of aliphatic hydroxyl groups is 1. The van der Waals surface area contributed by atoms with E-state index in [2.05, 4.69) is 11.8 Å². The van der Waals surface area contributed by atoms with Crippen LogP contribution in [0.25, 0.3) is 0 Å². The zero-order chi connectivity index (χ0) is 13.7. The quantitative estimate of drug-likeness (QED) is 0.874. The van der Waals surface area contributed by atoms with Crippen LogP contribution in [0.15, 0.2) is 24.3 Å². The number of rotatable bonds is 5. The van der Waals surface area contributed by atoms with E-state index < -0.39 is 6.10 Å². The van der Waals surface area contributed by atoms with E-state index in [-0.39, 0.29) is 12.4 Å². The average Bonchev–Trinajstić information content (AvgIpc) is 2.41. The third kappa shape index (κ3) is 4.45. The van der Waals surface area contributed by atoms with Crippen LogP contribution in [-0.4, -0.2) is 55.1 Å². The van der Waals surface area contributed by atoms with E-state index in [4.69, 9.17) is 9.47 Å². The third-order valence-corrected chi connectivity index (χ3v) is 3.21. The van der Waals surface area contributed by atoms with Crippen LogP contribution in [0.1, 0.15) is 6.92 Å². The van der Waals surface area contributed by atoms with Crippen molar-refractivity contribution in [2.75, 3.05) is 32.9 Å². The molecule has 106 valence electrons. The van der Waals surface area contributed by atoms with Gasteiger partial charge in [-0.1, -0.05) is 0 Å². The molecule has 1 N–H and O–H groups in total. The third-order valence-electron chi connectivity index (χ3n) is 3.21. The minimum Gasteiger partial charge on any atom is -0.491 e. The van der Waals surface area contributed by atoms with E-state index in [0.717, 1.165) is 6.54 Å². The van der Waals surface area contributed by atoms with Crippen LogP contribution in [-0.2, 0) is 4.74 Å². The molecule has 0 amide bonds. The van der Waals surface area contributed by atoms with Crippen LogP contribution in [0.3, 0.4) is 0 Å². The maximum atomic E-state index is 12.7. The monoisotopic (exact) mass is 269 g/mol. The van der Waals surface area contributed by atoms with E-state index in [1.165, 1.54) is 12.1 Å². The molecule has 0 saturated carbocycles. The van der Waals surface area contributed by atoms with E-state index >= 15 is 0 Å². The lowest BCUT2D eigenvalue weighted by atomic mass is 10.2. The fourth-order valence-corrected chi connectivity index (χ4v) is 2.08. The Bertz CT molecular complexity index is 385. The van der Waals surface area contributed by atoms with E-state index in [1.54, 1.807) is 12.1 Å². The van der Waals surface area contributed by atoms with Gasteiger partial charge in [0.1, 0.15) is 24.3 Å². The molecule has 2 atom stereocenters. The van der Waals surface area contributed by atoms with Crippen molar-refractivity contribution in [3.63, 3.8) is 0 Å². The van der Waals surface area contributed by atoms with Gasteiger partial charge in [-0.15, -0.1) is 0 Å². The Morgan fingerprint density at radius 1 is 1.47 bits per heavy atom. The second-order valence-electron chi connectivity index (χ2n) is 4.84. The van der Waals surface area contributed by atoms with Gasteiger partial charge < -0.3 is 14.6 Å². The number of β-amino-alcohol motifs (C(OH)–C–C–N with tert-alkyl or cyclic N) is 1. The Morgan fingerprint density at radius 3 is 2.89 bits per heavy atom. The Morgan fingerprint density at radius 2 is 2.21 bits per heavy atom. The molecule has 0 bridgehead atoms. The first-order valence-corrected chi connectivity index (χ1v) is 6.53.